The van der Waals surface area contributed by atoms with Gasteiger partial charge in [-0.25, -0.2) is 0 Å². The van der Waals surface area contributed by atoms with Crippen LogP contribution in [0, 0.1) is 0 Å². The minimum Gasteiger partial charge on any atom is -0.326 e. The van der Waals surface area contributed by atoms with Gasteiger partial charge in [-0.1, -0.05) is 30.3 Å². The Morgan fingerprint density at radius 3 is 2.70 bits per heavy atom. The number of carbonyl (C=O) groups excluding carboxylic acids is 1. The fraction of sp³-hybridized carbons (Fsp3) is 0.0667. The number of anilines is 1. The zero-order chi connectivity index (χ0) is 14.1. The van der Waals surface area contributed by atoms with Crippen LogP contribution in [0.3, 0.4) is 0 Å². The number of carbonyl (C=O) groups is 1. The zero-order valence-corrected chi connectivity index (χ0v) is 11.6. The topological polar surface area (TPSA) is 62.0 Å². The molecular formula is C15H12N2O2S. The summed E-state index contributed by atoms with van der Waals surface area (Å²) in [5, 5.41) is 3.34. The van der Waals surface area contributed by atoms with Gasteiger partial charge >= 0.3 is 0 Å². The van der Waals surface area contributed by atoms with Gasteiger partial charge in [0.15, 0.2) is 0 Å². The number of benzene rings is 1. The van der Waals surface area contributed by atoms with Crippen LogP contribution in [-0.2, 0) is 4.79 Å². The van der Waals surface area contributed by atoms with E-state index in [2.05, 4.69) is 10.3 Å². The van der Waals surface area contributed by atoms with E-state index in [1.165, 1.54) is 24.5 Å². The lowest BCUT2D eigenvalue weighted by molar-refractivity contribution is -0.114. The summed E-state index contributed by atoms with van der Waals surface area (Å²) in [6, 6.07) is 11.7. The minimum absolute atomic E-state index is 0.146. The molecule has 100 valence electrons. The highest BCUT2D eigenvalue weighted by atomic mass is 32.1. The van der Waals surface area contributed by atoms with Gasteiger partial charge in [0.25, 0.3) is 5.56 Å². The van der Waals surface area contributed by atoms with Gasteiger partial charge in [-0.2, -0.15) is 0 Å². The molecule has 3 rings (SSSR count). The van der Waals surface area contributed by atoms with E-state index in [0.29, 0.717) is 11.1 Å². The first kappa shape index (κ1) is 12.6. The average Bonchev–Trinajstić information content (AvgIpc) is 2.89. The highest BCUT2D eigenvalue weighted by molar-refractivity contribution is 7.22. The van der Waals surface area contributed by atoms with Crippen molar-refractivity contribution in [3.8, 4) is 10.4 Å². The molecule has 0 bridgehead atoms. The Bertz CT molecular complexity index is 834. The van der Waals surface area contributed by atoms with Crippen LogP contribution in [0.1, 0.15) is 6.92 Å². The first-order chi connectivity index (χ1) is 9.65. The smallest absolute Gasteiger partial charge is 0.256 e. The van der Waals surface area contributed by atoms with Gasteiger partial charge in [-0.05, 0) is 11.6 Å². The van der Waals surface area contributed by atoms with E-state index in [-0.39, 0.29) is 11.5 Å². The molecule has 5 heteroatoms. The predicted molar refractivity (Wildman–Crippen MR) is 82.2 cm³/mol. The zero-order valence-electron chi connectivity index (χ0n) is 10.8. The summed E-state index contributed by atoms with van der Waals surface area (Å²) in [5.74, 6) is -0.159. The van der Waals surface area contributed by atoms with Crippen molar-refractivity contribution < 1.29 is 4.79 Å². The lowest BCUT2D eigenvalue weighted by Crippen LogP contribution is -2.10. The van der Waals surface area contributed by atoms with Crippen molar-refractivity contribution in [1.82, 2.24) is 4.98 Å². The Kier molecular flexibility index (Phi) is 3.12. The Hall–Kier alpha value is -2.40. The standard InChI is InChI=1S/C15H12N2O2S/c1-9(18)17-12-8-16-15(19)11-7-13(20-14(11)12)10-5-3-2-4-6-10/h2-8H,1H3,(H,16,19)(H,17,18). The summed E-state index contributed by atoms with van der Waals surface area (Å²) >= 11 is 1.50. The summed E-state index contributed by atoms with van der Waals surface area (Å²) < 4.78 is 0.794. The number of pyridine rings is 1. The summed E-state index contributed by atoms with van der Waals surface area (Å²) in [4.78, 5) is 26.8. The average molecular weight is 284 g/mol. The number of fused-ring (bicyclic) bond motifs is 1. The van der Waals surface area contributed by atoms with Gasteiger partial charge in [0, 0.05) is 18.0 Å². The van der Waals surface area contributed by atoms with E-state index >= 15 is 0 Å². The molecular weight excluding hydrogens is 272 g/mol. The maximum atomic E-state index is 11.9. The van der Waals surface area contributed by atoms with Crippen LogP contribution >= 0.6 is 11.3 Å². The van der Waals surface area contributed by atoms with E-state index in [1.54, 1.807) is 0 Å². The van der Waals surface area contributed by atoms with Crippen LogP contribution in [0.5, 0.6) is 0 Å². The van der Waals surface area contributed by atoms with Crippen molar-refractivity contribution in [2.75, 3.05) is 5.32 Å². The molecule has 2 aromatic heterocycles. The van der Waals surface area contributed by atoms with Crippen LogP contribution in [-0.4, -0.2) is 10.9 Å². The second-order valence-electron chi connectivity index (χ2n) is 4.43. The molecule has 2 heterocycles. The van der Waals surface area contributed by atoms with Crippen molar-refractivity contribution >= 4 is 33.0 Å². The van der Waals surface area contributed by atoms with E-state index in [1.807, 2.05) is 36.4 Å². The highest BCUT2D eigenvalue weighted by Crippen LogP contribution is 2.35. The minimum atomic E-state index is -0.159. The van der Waals surface area contributed by atoms with Gasteiger partial charge in [0.05, 0.1) is 15.8 Å². The molecule has 2 N–H and O–H groups in total. The van der Waals surface area contributed by atoms with Crippen molar-refractivity contribution in [2.45, 2.75) is 6.92 Å². The number of aromatic nitrogens is 1. The van der Waals surface area contributed by atoms with E-state index < -0.39 is 0 Å². The van der Waals surface area contributed by atoms with Crippen molar-refractivity contribution in [1.29, 1.82) is 0 Å². The molecule has 0 saturated heterocycles. The Labute approximate surface area is 119 Å². The number of rotatable bonds is 2. The van der Waals surface area contributed by atoms with Crippen LogP contribution in [0.4, 0.5) is 5.69 Å². The molecule has 0 fully saturated rings. The molecule has 0 spiro atoms. The lowest BCUT2D eigenvalue weighted by Gasteiger charge is -2.02. The maximum Gasteiger partial charge on any atom is 0.256 e. The Morgan fingerprint density at radius 2 is 2.00 bits per heavy atom. The van der Waals surface area contributed by atoms with Crippen LogP contribution < -0.4 is 10.9 Å². The highest BCUT2D eigenvalue weighted by Gasteiger charge is 2.11. The number of nitrogens with one attached hydrogen (secondary N) is 2. The first-order valence-corrected chi connectivity index (χ1v) is 6.95. The molecule has 0 aliphatic heterocycles. The fourth-order valence-electron chi connectivity index (χ4n) is 2.07. The third-order valence-electron chi connectivity index (χ3n) is 2.94. The summed E-state index contributed by atoms with van der Waals surface area (Å²) in [6.45, 7) is 1.45. The molecule has 0 saturated carbocycles. The normalized spacial score (nSPS) is 10.7. The van der Waals surface area contributed by atoms with E-state index in [4.69, 9.17) is 0 Å². The SMILES string of the molecule is CC(=O)Nc1c[nH]c(=O)c2cc(-c3ccccc3)sc12. The molecule has 0 radical (unpaired) electrons. The molecule has 3 aromatic rings. The van der Waals surface area contributed by atoms with Crippen LogP contribution in [0.2, 0.25) is 0 Å². The first-order valence-electron chi connectivity index (χ1n) is 6.13. The number of aromatic amines is 1. The van der Waals surface area contributed by atoms with Gasteiger partial charge in [0.1, 0.15) is 0 Å². The number of thiophene rings is 1. The molecule has 1 amide bonds. The second-order valence-corrected chi connectivity index (χ2v) is 5.48. The lowest BCUT2D eigenvalue weighted by atomic mass is 10.2. The molecule has 0 atom stereocenters. The number of hydrogen-bond acceptors (Lipinski definition) is 3. The van der Waals surface area contributed by atoms with Crippen molar-refractivity contribution in [2.24, 2.45) is 0 Å². The van der Waals surface area contributed by atoms with Crippen LogP contribution in [0.15, 0.2) is 47.4 Å². The van der Waals surface area contributed by atoms with Crippen molar-refractivity contribution in [3.05, 3.63) is 52.9 Å². The molecule has 1 aromatic carbocycles. The summed E-state index contributed by atoms with van der Waals surface area (Å²) in [7, 11) is 0. The summed E-state index contributed by atoms with van der Waals surface area (Å²) in [6.07, 6.45) is 1.54. The van der Waals surface area contributed by atoms with Gasteiger partial charge in [0.2, 0.25) is 5.91 Å². The van der Waals surface area contributed by atoms with Gasteiger partial charge < -0.3 is 10.3 Å². The summed E-state index contributed by atoms with van der Waals surface area (Å²) in [5.41, 5.74) is 1.55. The van der Waals surface area contributed by atoms with Crippen molar-refractivity contribution in [3.63, 3.8) is 0 Å². The molecule has 4 nitrogen and oxygen atoms in total. The molecule has 20 heavy (non-hydrogen) atoms. The largest absolute Gasteiger partial charge is 0.326 e. The predicted octanol–water partition coefficient (Wildman–Crippen LogP) is 3.22. The Morgan fingerprint density at radius 1 is 1.25 bits per heavy atom. The second kappa shape index (κ2) is 4.94. The Balaban J connectivity index is 2.22. The number of amides is 1. The third kappa shape index (κ3) is 2.23. The monoisotopic (exact) mass is 284 g/mol. The number of H-pyrrole nitrogens is 1. The van der Waals surface area contributed by atoms with E-state index in [0.717, 1.165) is 15.1 Å². The maximum absolute atomic E-state index is 11.9. The van der Waals surface area contributed by atoms with Gasteiger partial charge in [-0.15, -0.1) is 11.3 Å². The fourth-order valence-corrected chi connectivity index (χ4v) is 3.20. The van der Waals surface area contributed by atoms with Crippen LogP contribution in [0.25, 0.3) is 20.5 Å². The molecule has 0 aliphatic rings. The van der Waals surface area contributed by atoms with E-state index in [9.17, 15) is 9.59 Å². The number of hydrogen-bond donors (Lipinski definition) is 2. The van der Waals surface area contributed by atoms with Gasteiger partial charge in [-0.3, -0.25) is 9.59 Å². The third-order valence-corrected chi connectivity index (χ3v) is 4.16. The molecule has 0 unspecified atom stereocenters. The molecule has 0 aliphatic carbocycles. The quantitative estimate of drug-likeness (QED) is 0.759.